The number of aliphatic hydroxyl groups is 1. The summed E-state index contributed by atoms with van der Waals surface area (Å²) in [6.45, 7) is 9.58. The third-order valence-corrected chi connectivity index (χ3v) is 4.72. The summed E-state index contributed by atoms with van der Waals surface area (Å²) in [5.41, 5.74) is 2.94. The number of aliphatic hydroxyl groups excluding tert-OH is 1. The second kappa shape index (κ2) is 7.71. The molecule has 1 aromatic rings. The van der Waals surface area contributed by atoms with Gasteiger partial charge >= 0.3 is 0 Å². The van der Waals surface area contributed by atoms with Crippen LogP contribution in [-0.4, -0.2) is 30.2 Å². The van der Waals surface area contributed by atoms with Crippen molar-refractivity contribution in [2.45, 2.75) is 46.6 Å². The molecule has 0 unspecified atom stereocenters. The molecular weight excluding hydrogens is 314 g/mol. The molecule has 134 valence electrons. The summed E-state index contributed by atoms with van der Waals surface area (Å²) in [6, 6.07) is 7.60. The predicted molar refractivity (Wildman–Crippen MR) is 100 cm³/mol. The Kier molecular flexibility index (Phi) is 5.86. The molecular formula is C20H27N3O2. The van der Waals surface area contributed by atoms with E-state index < -0.39 is 0 Å². The molecule has 0 radical (unpaired) electrons. The number of nitrogens with zero attached hydrogens (tertiary/aromatic N) is 2. The van der Waals surface area contributed by atoms with Crippen molar-refractivity contribution in [1.29, 1.82) is 5.26 Å². The summed E-state index contributed by atoms with van der Waals surface area (Å²) in [4.78, 5) is 14.3. The molecule has 1 fully saturated rings. The first kappa shape index (κ1) is 19.0. The van der Waals surface area contributed by atoms with E-state index in [1.54, 1.807) is 12.1 Å². The van der Waals surface area contributed by atoms with Crippen LogP contribution in [-0.2, 0) is 4.79 Å². The van der Waals surface area contributed by atoms with Crippen molar-refractivity contribution in [3.8, 4) is 6.07 Å². The van der Waals surface area contributed by atoms with Crippen molar-refractivity contribution < 1.29 is 9.90 Å². The SMILES string of the molecule is C/C(=C/C(=O)Nc1ccc(N2CCC(O)CC2)c(C#N)c1)C(C)(C)C. The van der Waals surface area contributed by atoms with E-state index >= 15 is 0 Å². The highest BCUT2D eigenvalue weighted by Gasteiger charge is 2.20. The molecule has 0 saturated carbocycles. The molecule has 1 aromatic carbocycles. The number of nitrogens with one attached hydrogen (secondary N) is 1. The van der Waals surface area contributed by atoms with Crippen LogP contribution in [0.2, 0.25) is 0 Å². The Morgan fingerprint density at radius 1 is 1.36 bits per heavy atom. The molecule has 25 heavy (non-hydrogen) atoms. The minimum Gasteiger partial charge on any atom is -0.393 e. The lowest BCUT2D eigenvalue weighted by atomic mass is 9.87. The summed E-state index contributed by atoms with van der Waals surface area (Å²) >= 11 is 0. The van der Waals surface area contributed by atoms with E-state index in [2.05, 4.69) is 37.1 Å². The monoisotopic (exact) mass is 341 g/mol. The van der Waals surface area contributed by atoms with E-state index in [1.165, 1.54) is 0 Å². The molecule has 0 atom stereocenters. The maximum Gasteiger partial charge on any atom is 0.248 e. The number of amides is 1. The van der Waals surface area contributed by atoms with Crippen molar-refractivity contribution in [2.24, 2.45) is 5.41 Å². The molecule has 2 rings (SSSR count). The fraction of sp³-hybridized carbons (Fsp3) is 0.500. The molecule has 0 bridgehead atoms. The minimum atomic E-state index is -0.252. The van der Waals surface area contributed by atoms with Gasteiger partial charge in [0, 0.05) is 24.9 Å². The van der Waals surface area contributed by atoms with Crippen molar-refractivity contribution in [3.63, 3.8) is 0 Å². The summed E-state index contributed by atoms with van der Waals surface area (Å²) < 4.78 is 0. The molecule has 5 heteroatoms. The zero-order valence-corrected chi connectivity index (χ0v) is 15.5. The van der Waals surface area contributed by atoms with Gasteiger partial charge in [-0.15, -0.1) is 0 Å². The van der Waals surface area contributed by atoms with E-state index in [-0.39, 0.29) is 17.4 Å². The summed E-state index contributed by atoms with van der Waals surface area (Å²) in [7, 11) is 0. The zero-order valence-electron chi connectivity index (χ0n) is 15.5. The van der Waals surface area contributed by atoms with Gasteiger partial charge in [-0.3, -0.25) is 4.79 Å². The molecule has 0 aliphatic carbocycles. The van der Waals surface area contributed by atoms with Gasteiger partial charge in [0.1, 0.15) is 6.07 Å². The Morgan fingerprint density at radius 2 is 2.00 bits per heavy atom. The first-order chi connectivity index (χ1) is 11.7. The van der Waals surface area contributed by atoms with Gasteiger partial charge < -0.3 is 15.3 Å². The van der Waals surface area contributed by atoms with E-state index in [0.717, 1.165) is 24.4 Å². The number of hydrogen-bond donors (Lipinski definition) is 2. The van der Waals surface area contributed by atoms with Crippen LogP contribution in [0, 0.1) is 16.7 Å². The maximum atomic E-state index is 12.2. The highest BCUT2D eigenvalue weighted by Crippen LogP contribution is 2.27. The van der Waals surface area contributed by atoms with Gasteiger partial charge in [-0.1, -0.05) is 26.3 Å². The number of hydrogen-bond acceptors (Lipinski definition) is 4. The van der Waals surface area contributed by atoms with Gasteiger partial charge in [0.25, 0.3) is 0 Å². The van der Waals surface area contributed by atoms with E-state index in [0.29, 0.717) is 24.1 Å². The third kappa shape index (κ3) is 5.07. The van der Waals surface area contributed by atoms with Crippen LogP contribution in [0.3, 0.4) is 0 Å². The fourth-order valence-corrected chi connectivity index (χ4v) is 2.68. The fourth-order valence-electron chi connectivity index (χ4n) is 2.68. The minimum absolute atomic E-state index is 0.0577. The molecule has 1 heterocycles. The molecule has 0 aromatic heterocycles. The van der Waals surface area contributed by atoms with E-state index in [4.69, 9.17) is 0 Å². The van der Waals surface area contributed by atoms with E-state index in [1.807, 2.05) is 19.1 Å². The smallest absolute Gasteiger partial charge is 0.248 e. The molecule has 1 amide bonds. The molecule has 1 aliphatic rings. The van der Waals surface area contributed by atoms with Gasteiger partial charge in [-0.25, -0.2) is 0 Å². The van der Waals surface area contributed by atoms with Crippen molar-refractivity contribution in [2.75, 3.05) is 23.3 Å². The first-order valence-corrected chi connectivity index (χ1v) is 8.67. The summed E-state index contributed by atoms with van der Waals surface area (Å²) in [5.74, 6) is -0.190. The van der Waals surface area contributed by atoms with E-state index in [9.17, 15) is 15.2 Å². The van der Waals surface area contributed by atoms with Crippen LogP contribution in [0.1, 0.15) is 46.1 Å². The number of benzene rings is 1. The zero-order chi connectivity index (χ0) is 18.6. The molecule has 5 nitrogen and oxygen atoms in total. The number of rotatable bonds is 3. The molecule has 1 aliphatic heterocycles. The van der Waals surface area contributed by atoms with Crippen LogP contribution < -0.4 is 10.2 Å². The second-order valence-corrected chi connectivity index (χ2v) is 7.63. The van der Waals surface area contributed by atoms with Crippen molar-refractivity contribution >= 4 is 17.3 Å². The number of carbonyl (C=O) groups excluding carboxylic acids is 1. The van der Waals surface area contributed by atoms with Gasteiger partial charge in [-0.05, 0) is 43.4 Å². The lowest BCUT2D eigenvalue weighted by molar-refractivity contribution is -0.112. The average molecular weight is 341 g/mol. The van der Waals surface area contributed by atoms with Crippen molar-refractivity contribution in [3.05, 3.63) is 35.4 Å². The molecule has 0 spiro atoms. The molecule has 1 saturated heterocycles. The first-order valence-electron chi connectivity index (χ1n) is 8.67. The van der Waals surface area contributed by atoms with Crippen LogP contribution in [0.15, 0.2) is 29.8 Å². The Morgan fingerprint density at radius 3 is 2.56 bits per heavy atom. The van der Waals surface area contributed by atoms with Crippen LogP contribution in [0.4, 0.5) is 11.4 Å². The van der Waals surface area contributed by atoms with Crippen molar-refractivity contribution in [1.82, 2.24) is 0 Å². The van der Waals surface area contributed by atoms with Gasteiger partial charge in [0.15, 0.2) is 0 Å². The van der Waals surface area contributed by atoms with Gasteiger partial charge in [0.05, 0.1) is 17.4 Å². The normalized spacial score (nSPS) is 16.5. The van der Waals surface area contributed by atoms with Crippen LogP contribution >= 0.6 is 0 Å². The highest BCUT2D eigenvalue weighted by atomic mass is 16.3. The van der Waals surface area contributed by atoms with Crippen LogP contribution in [0.5, 0.6) is 0 Å². The Balaban J connectivity index is 2.14. The second-order valence-electron chi connectivity index (χ2n) is 7.63. The lowest BCUT2D eigenvalue weighted by Crippen LogP contribution is -2.36. The Labute approximate surface area is 150 Å². The topological polar surface area (TPSA) is 76.4 Å². The largest absolute Gasteiger partial charge is 0.393 e. The highest BCUT2D eigenvalue weighted by molar-refractivity contribution is 6.00. The summed E-state index contributed by atoms with van der Waals surface area (Å²) in [5, 5.41) is 21.9. The number of piperidine rings is 1. The van der Waals surface area contributed by atoms with Crippen LogP contribution in [0.25, 0.3) is 0 Å². The predicted octanol–water partition coefficient (Wildman–Crippen LogP) is 3.45. The van der Waals surface area contributed by atoms with Gasteiger partial charge in [-0.2, -0.15) is 5.26 Å². The van der Waals surface area contributed by atoms with Gasteiger partial charge in [0.2, 0.25) is 5.91 Å². The number of allylic oxidation sites excluding steroid dienone is 1. The molecule has 2 N–H and O–H groups in total. The average Bonchev–Trinajstić information content (AvgIpc) is 2.54. The quantitative estimate of drug-likeness (QED) is 0.826. The maximum absolute atomic E-state index is 12.2. The Bertz CT molecular complexity index is 703. The standard InChI is InChI=1S/C20H27N3O2/c1-14(20(2,3)4)11-19(25)22-16-5-6-18(15(12-16)13-21)23-9-7-17(24)8-10-23/h5-6,11-12,17,24H,7-10H2,1-4H3,(H,22,25)/b14-11-. The number of anilines is 2. The number of carbonyl (C=O) groups is 1. The Hall–Kier alpha value is -2.32. The lowest BCUT2D eigenvalue weighted by Gasteiger charge is -2.32. The number of nitriles is 1. The third-order valence-electron chi connectivity index (χ3n) is 4.72. The summed E-state index contributed by atoms with van der Waals surface area (Å²) in [6.07, 6.45) is 2.77.